The van der Waals surface area contributed by atoms with E-state index in [1.54, 1.807) is 12.3 Å². The maximum absolute atomic E-state index is 13.4. The Balaban J connectivity index is 2.20. The van der Waals surface area contributed by atoms with Gasteiger partial charge in [-0.1, -0.05) is 6.92 Å². The zero-order valence-corrected chi connectivity index (χ0v) is 12.2. The van der Waals surface area contributed by atoms with Crippen molar-refractivity contribution in [1.29, 1.82) is 0 Å². The van der Waals surface area contributed by atoms with E-state index in [-0.39, 0.29) is 5.82 Å². The zero-order chi connectivity index (χ0) is 14.5. The van der Waals surface area contributed by atoms with Crippen molar-refractivity contribution < 1.29 is 8.81 Å². The first kappa shape index (κ1) is 14.6. The molecule has 0 spiro atoms. The van der Waals surface area contributed by atoms with Gasteiger partial charge in [0.15, 0.2) is 0 Å². The van der Waals surface area contributed by atoms with Crippen molar-refractivity contribution in [3.63, 3.8) is 0 Å². The van der Waals surface area contributed by atoms with Crippen LogP contribution in [-0.2, 0) is 13.1 Å². The fourth-order valence-electron chi connectivity index (χ4n) is 2.24. The molecule has 2 rings (SSSR count). The van der Waals surface area contributed by atoms with Crippen molar-refractivity contribution in [1.82, 2.24) is 5.32 Å². The lowest BCUT2D eigenvalue weighted by atomic mass is 10.1. The lowest BCUT2D eigenvalue weighted by Gasteiger charge is -2.22. The number of nitrogens with one attached hydrogen (secondary N) is 1. The van der Waals surface area contributed by atoms with Crippen LogP contribution in [0.3, 0.4) is 0 Å². The van der Waals surface area contributed by atoms with Crippen molar-refractivity contribution in [2.24, 2.45) is 0 Å². The van der Waals surface area contributed by atoms with Crippen molar-refractivity contribution in [2.75, 3.05) is 18.5 Å². The molecule has 0 unspecified atom stereocenters. The maximum atomic E-state index is 13.4. The normalized spacial score (nSPS) is 10.8. The van der Waals surface area contributed by atoms with Gasteiger partial charge in [-0.15, -0.1) is 0 Å². The van der Waals surface area contributed by atoms with Gasteiger partial charge in [0.2, 0.25) is 0 Å². The summed E-state index contributed by atoms with van der Waals surface area (Å²) in [6.45, 7) is 6.26. The van der Waals surface area contributed by atoms with Gasteiger partial charge in [-0.2, -0.15) is 0 Å². The molecular formula is C16H21FN2O. The number of benzene rings is 1. The lowest BCUT2D eigenvalue weighted by Crippen LogP contribution is -2.21. The van der Waals surface area contributed by atoms with E-state index in [0.29, 0.717) is 6.54 Å². The minimum atomic E-state index is -0.199. The van der Waals surface area contributed by atoms with E-state index in [2.05, 4.69) is 10.2 Å². The Labute approximate surface area is 119 Å². The van der Waals surface area contributed by atoms with Gasteiger partial charge in [0.25, 0.3) is 0 Å². The molecule has 0 bridgehead atoms. The fourth-order valence-corrected chi connectivity index (χ4v) is 2.24. The molecule has 0 fully saturated rings. The van der Waals surface area contributed by atoms with E-state index in [1.165, 1.54) is 6.07 Å². The number of anilines is 1. The predicted molar refractivity (Wildman–Crippen MR) is 79.3 cm³/mol. The quantitative estimate of drug-likeness (QED) is 0.875. The highest BCUT2D eigenvalue weighted by atomic mass is 19.1. The summed E-state index contributed by atoms with van der Waals surface area (Å²) in [6, 6.07) is 6.90. The maximum Gasteiger partial charge on any atom is 0.123 e. The topological polar surface area (TPSA) is 28.4 Å². The molecule has 0 aliphatic heterocycles. The first-order valence-corrected chi connectivity index (χ1v) is 6.85. The molecule has 0 radical (unpaired) electrons. The number of hydrogen-bond acceptors (Lipinski definition) is 3. The van der Waals surface area contributed by atoms with Crippen LogP contribution in [0.5, 0.6) is 0 Å². The first-order chi connectivity index (χ1) is 9.61. The smallest absolute Gasteiger partial charge is 0.123 e. The van der Waals surface area contributed by atoms with E-state index in [9.17, 15) is 4.39 Å². The third-order valence-electron chi connectivity index (χ3n) is 3.39. The van der Waals surface area contributed by atoms with E-state index < -0.39 is 0 Å². The number of nitrogens with zero attached hydrogens (tertiary/aromatic N) is 1. The molecule has 4 heteroatoms. The van der Waals surface area contributed by atoms with Gasteiger partial charge in [-0.25, -0.2) is 4.39 Å². The van der Waals surface area contributed by atoms with Crippen molar-refractivity contribution in [3.8, 4) is 0 Å². The van der Waals surface area contributed by atoms with Gasteiger partial charge in [-0.3, -0.25) is 0 Å². The molecule has 1 heterocycles. The molecular weight excluding hydrogens is 255 g/mol. The molecule has 2 aromatic rings. The van der Waals surface area contributed by atoms with Crippen LogP contribution >= 0.6 is 0 Å². The largest absolute Gasteiger partial charge is 0.469 e. The van der Waals surface area contributed by atoms with Gasteiger partial charge in [0.1, 0.15) is 11.6 Å². The summed E-state index contributed by atoms with van der Waals surface area (Å²) in [5, 5.41) is 3.25. The minimum absolute atomic E-state index is 0.199. The van der Waals surface area contributed by atoms with Crippen LogP contribution in [0.4, 0.5) is 10.1 Å². The molecule has 3 nitrogen and oxygen atoms in total. The highest BCUT2D eigenvalue weighted by molar-refractivity contribution is 5.53. The zero-order valence-electron chi connectivity index (χ0n) is 12.2. The highest BCUT2D eigenvalue weighted by Crippen LogP contribution is 2.23. The van der Waals surface area contributed by atoms with Crippen LogP contribution in [0.2, 0.25) is 0 Å². The Morgan fingerprint density at radius 1 is 1.25 bits per heavy atom. The minimum Gasteiger partial charge on any atom is -0.469 e. The average Bonchev–Trinajstić information content (AvgIpc) is 2.82. The Kier molecular flexibility index (Phi) is 4.79. The Hall–Kier alpha value is -1.81. The van der Waals surface area contributed by atoms with Crippen molar-refractivity contribution in [3.05, 3.63) is 53.2 Å². The van der Waals surface area contributed by atoms with E-state index in [4.69, 9.17) is 4.42 Å². The standard InChI is InChI=1S/C16H21FN2O/c1-4-18-10-14-9-15(17)5-6-16(14)19(3)11-13-7-8-20-12(13)2/h5-9,18H,4,10-11H2,1-3H3. The van der Waals surface area contributed by atoms with Crippen LogP contribution in [-0.4, -0.2) is 13.6 Å². The summed E-state index contributed by atoms with van der Waals surface area (Å²) >= 11 is 0. The molecule has 0 aliphatic rings. The molecule has 1 aromatic heterocycles. The second kappa shape index (κ2) is 6.57. The monoisotopic (exact) mass is 276 g/mol. The summed E-state index contributed by atoms with van der Waals surface area (Å²) in [6.07, 6.45) is 1.70. The first-order valence-electron chi connectivity index (χ1n) is 6.85. The second-order valence-electron chi connectivity index (χ2n) is 4.91. The fraction of sp³-hybridized carbons (Fsp3) is 0.375. The Morgan fingerprint density at radius 3 is 2.70 bits per heavy atom. The molecule has 0 saturated carbocycles. The molecule has 0 amide bonds. The van der Waals surface area contributed by atoms with Crippen molar-refractivity contribution in [2.45, 2.75) is 26.9 Å². The van der Waals surface area contributed by atoms with Gasteiger partial charge >= 0.3 is 0 Å². The van der Waals surface area contributed by atoms with Gasteiger partial charge in [-0.05, 0) is 43.3 Å². The molecule has 1 N–H and O–H groups in total. The summed E-state index contributed by atoms with van der Waals surface area (Å²) in [7, 11) is 2.01. The summed E-state index contributed by atoms with van der Waals surface area (Å²) < 4.78 is 18.7. The van der Waals surface area contributed by atoms with E-state index in [0.717, 1.165) is 35.7 Å². The predicted octanol–water partition coefficient (Wildman–Crippen LogP) is 3.47. The molecule has 0 atom stereocenters. The number of aryl methyl sites for hydroxylation is 1. The summed E-state index contributed by atoms with van der Waals surface area (Å²) in [5.74, 6) is 0.724. The lowest BCUT2D eigenvalue weighted by molar-refractivity contribution is 0.529. The highest BCUT2D eigenvalue weighted by Gasteiger charge is 2.11. The number of hydrogen-bond donors (Lipinski definition) is 1. The summed E-state index contributed by atoms with van der Waals surface area (Å²) in [4.78, 5) is 2.12. The average molecular weight is 276 g/mol. The number of halogens is 1. The third kappa shape index (κ3) is 3.39. The SMILES string of the molecule is CCNCc1cc(F)ccc1N(C)Cc1ccoc1C. The molecule has 20 heavy (non-hydrogen) atoms. The van der Waals surface area contributed by atoms with Crippen LogP contribution in [0.15, 0.2) is 34.9 Å². The number of furan rings is 1. The van der Waals surface area contributed by atoms with Crippen LogP contribution in [0.25, 0.3) is 0 Å². The van der Waals surface area contributed by atoms with Crippen LogP contribution in [0, 0.1) is 12.7 Å². The number of rotatable bonds is 6. The van der Waals surface area contributed by atoms with Gasteiger partial charge in [0.05, 0.1) is 6.26 Å². The third-order valence-corrected chi connectivity index (χ3v) is 3.39. The second-order valence-corrected chi connectivity index (χ2v) is 4.91. The van der Waals surface area contributed by atoms with Gasteiger partial charge in [0, 0.05) is 31.4 Å². The molecule has 1 aromatic carbocycles. The molecule has 0 saturated heterocycles. The van der Waals surface area contributed by atoms with E-state index in [1.807, 2.05) is 33.0 Å². The van der Waals surface area contributed by atoms with E-state index >= 15 is 0 Å². The Bertz CT molecular complexity index is 565. The summed E-state index contributed by atoms with van der Waals surface area (Å²) in [5.41, 5.74) is 3.15. The van der Waals surface area contributed by atoms with Crippen LogP contribution < -0.4 is 10.2 Å². The molecule has 108 valence electrons. The van der Waals surface area contributed by atoms with Gasteiger partial charge < -0.3 is 14.6 Å². The van der Waals surface area contributed by atoms with Crippen molar-refractivity contribution >= 4 is 5.69 Å². The van der Waals surface area contributed by atoms with Crippen LogP contribution in [0.1, 0.15) is 23.8 Å². The molecule has 0 aliphatic carbocycles. The Morgan fingerprint density at radius 2 is 2.05 bits per heavy atom.